The fourth-order valence-corrected chi connectivity index (χ4v) is 4.54. The lowest BCUT2D eigenvalue weighted by atomic mass is 10.1. The number of aromatic nitrogens is 2. The zero-order valence-electron chi connectivity index (χ0n) is 21.8. The Balaban J connectivity index is 1.49. The molecule has 0 spiro atoms. The van der Waals surface area contributed by atoms with Gasteiger partial charge in [-0.2, -0.15) is 5.10 Å². The normalized spacial score (nSPS) is 14.8. The summed E-state index contributed by atoms with van der Waals surface area (Å²) in [6, 6.07) is 10.4. The molecule has 12 heteroatoms. The second-order valence-electron chi connectivity index (χ2n) is 8.81. The molecule has 3 aromatic rings. The molecule has 206 valence electrons. The summed E-state index contributed by atoms with van der Waals surface area (Å²) in [5.74, 6) is -1.13. The summed E-state index contributed by atoms with van der Waals surface area (Å²) >= 11 is 6.60. The summed E-state index contributed by atoms with van der Waals surface area (Å²) in [6.07, 6.45) is 0.242. The van der Waals surface area contributed by atoms with Gasteiger partial charge in [-0.3, -0.25) is 9.59 Å². The molecule has 0 radical (unpaired) electrons. The van der Waals surface area contributed by atoms with Crippen molar-refractivity contribution < 1.29 is 28.2 Å². The Morgan fingerprint density at radius 3 is 2.74 bits per heavy atom. The Labute approximate surface area is 230 Å². The van der Waals surface area contributed by atoms with E-state index in [-0.39, 0.29) is 55.4 Å². The third kappa shape index (κ3) is 6.04. The smallest absolute Gasteiger partial charge is 0.359 e. The molecule has 2 aromatic carbocycles. The van der Waals surface area contributed by atoms with Gasteiger partial charge >= 0.3 is 5.97 Å². The standard InChI is InChI=1S/C27H29ClFN5O5/c1-4-38-27(37)23-18(24(28)34(32-23)14-17-7-5-6-8-19(17)29)11-12-31-20-15-39-22-13-16(25(35)30-2)9-10-21(22)33(3)26(20)36/h5-10,13,20,31H,4,11-12,14-15H2,1-3H3,(H,30,35)/t20-/m0/s1. The van der Waals surface area contributed by atoms with Crippen molar-refractivity contribution in [2.75, 3.05) is 38.8 Å². The number of hydrogen-bond donors (Lipinski definition) is 2. The average Bonchev–Trinajstić information content (AvgIpc) is 3.19. The summed E-state index contributed by atoms with van der Waals surface area (Å²) in [6.45, 7) is 2.14. The molecule has 2 N–H and O–H groups in total. The van der Waals surface area contributed by atoms with Crippen LogP contribution >= 0.6 is 11.6 Å². The second-order valence-corrected chi connectivity index (χ2v) is 9.17. The van der Waals surface area contributed by atoms with Crippen molar-refractivity contribution in [1.82, 2.24) is 20.4 Å². The molecule has 39 heavy (non-hydrogen) atoms. The highest BCUT2D eigenvalue weighted by atomic mass is 35.5. The van der Waals surface area contributed by atoms with Crippen LogP contribution in [0.1, 0.15) is 38.9 Å². The highest BCUT2D eigenvalue weighted by Gasteiger charge is 2.30. The molecule has 1 aliphatic rings. The van der Waals surface area contributed by atoms with Gasteiger partial charge in [0, 0.05) is 37.3 Å². The predicted molar refractivity (Wildman–Crippen MR) is 143 cm³/mol. The summed E-state index contributed by atoms with van der Waals surface area (Å²) in [7, 11) is 3.17. The van der Waals surface area contributed by atoms with Crippen LogP contribution in [0.3, 0.4) is 0 Å². The fourth-order valence-electron chi connectivity index (χ4n) is 4.26. The molecule has 1 aromatic heterocycles. The van der Waals surface area contributed by atoms with Crippen LogP contribution in [0.5, 0.6) is 5.75 Å². The summed E-state index contributed by atoms with van der Waals surface area (Å²) < 4.78 is 26.6. The number of ether oxygens (including phenoxy) is 2. The molecule has 2 heterocycles. The van der Waals surface area contributed by atoms with Crippen LogP contribution in [0, 0.1) is 5.82 Å². The monoisotopic (exact) mass is 557 g/mol. The van der Waals surface area contributed by atoms with Crippen molar-refractivity contribution >= 4 is 35.1 Å². The Kier molecular flexibility index (Phi) is 8.82. The maximum absolute atomic E-state index is 14.2. The quantitative estimate of drug-likeness (QED) is 0.389. The van der Waals surface area contributed by atoms with Gasteiger partial charge in [0.05, 0.1) is 18.8 Å². The minimum absolute atomic E-state index is 0.0262. The van der Waals surface area contributed by atoms with Crippen molar-refractivity contribution in [2.45, 2.75) is 25.9 Å². The van der Waals surface area contributed by atoms with Crippen LogP contribution in [-0.4, -0.2) is 67.5 Å². The minimum atomic E-state index is -0.705. The van der Waals surface area contributed by atoms with Crippen molar-refractivity contribution in [3.05, 3.63) is 75.8 Å². The van der Waals surface area contributed by atoms with E-state index < -0.39 is 17.8 Å². The second kappa shape index (κ2) is 12.3. The maximum Gasteiger partial charge on any atom is 0.359 e. The number of anilines is 1. The topological polar surface area (TPSA) is 115 Å². The van der Waals surface area contributed by atoms with E-state index >= 15 is 0 Å². The van der Waals surface area contributed by atoms with Gasteiger partial charge in [-0.25, -0.2) is 13.9 Å². The fraction of sp³-hybridized carbons (Fsp3) is 0.333. The average molecular weight is 558 g/mol. The number of nitrogens with zero attached hydrogens (tertiary/aromatic N) is 3. The Morgan fingerprint density at radius 1 is 1.26 bits per heavy atom. The van der Waals surface area contributed by atoms with Crippen LogP contribution in [0.25, 0.3) is 0 Å². The van der Waals surface area contributed by atoms with Gasteiger partial charge in [0.25, 0.3) is 5.91 Å². The van der Waals surface area contributed by atoms with E-state index in [1.807, 2.05) is 0 Å². The maximum atomic E-state index is 14.2. The first kappa shape index (κ1) is 28.1. The largest absolute Gasteiger partial charge is 0.489 e. The van der Waals surface area contributed by atoms with E-state index in [1.54, 1.807) is 50.4 Å². The number of nitrogens with one attached hydrogen (secondary N) is 2. The number of rotatable bonds is 9. The Hall–Kier alpha value is -3.96. The molecule has 0 fully saturated rings. The first-order valence-electron chi connectivity index (χ1n) is 12.4. The van der Waals surface area contributed by atoms with E-state index in [0.29, 0.717) is 28.1 Å². The van der Waals surface area contributed by atoms with Crippen LogP contribution in [0.4, 0.5) is 10.1 Å². The molecule has 1 atom stereocenters. The molecule has 0 saturated carbocycles. The first-order valence-corrected chi connectivity index (χ1v) is 12.8. The van der Waals surface area contributed by atoms with Crippen LogP contribution in [0.2, 0.25) is 5.15 Å². The number of hydrogen-bond acceptors (Lipinski definition) is 7. The molecular weight excluding hydrogens is 529 g/mol. The Bertz CT molecular complexity index is 1390. The highest BCUT2D eigenvalue weighted by molar-refractivity contribution is 6.30. The minimum Gasteiger partial charge on any atom is -0.489 e. The molecule has 0 saturated heterocycles. The predicted octanol–water partition coefficient (Wildman–Crippen LogP) is 2.82. The van der Waals surface area contributed by atoms with Gasteiger partial charge < -0.3 is 25.0 Å². The van der Waals surface area contributed by atoms with Gasteiger partial charge in [-0.05, 0) is 37.6 Å². The van der Waals surface area contributed by atoms with E-state index in [9.17, 15) is 18.8 Å². The number of carbonyl (C=O) groups is 3. The number of halogens is 2. The van der Waals surface area contributed by atoms with Crippen molar-refractivity contribution in [2.24, 2.45) is 0 Å². The van der Waals surface area contributed by atoms with Crippen molar-refractivity contribution in [1.29, 1.82) is 0 Å². The SMILES string of the molecule is CCOC(=O)c1nn(Cc2ccccc2F)c(Cl)c1CCN[C@H]1COc2cc(C(=O)NC)ccc2N(C)C1=O. The lowest BCUT2D eigenvalue weighted by molar-refractivity contribution is -0.120. The lowest BCUT2D eigenvalue weighted by Gasteiger charge is -2.20. The molecular formula is C27H29ClFN5O5. The van der Waals surface area contributed by atoms with Crippen LogP contribution < -0.4 is 20.3 Å². The number of benzene rings is 2. The van der Waals surface area contributed by atoms with E-state index in [4.69, 9.17) is 21.1 Å². The van der Waals surface area contributed by atoms with Gasteiger partial charge in [-0.1, -0.05) is 29.8 Å². The lowest BCUT2D eigenvalue weighted by Crippen LogP contribution is -2.47. The zero-order valence-corrected chi connectivity index (χ0v) is 22.5. The molecule has 2 amide bonds. The third-order valence-electron chi connectivity index (χ3n) is 6.34. The number of likely N-dealkylation sites (N-methyl/N-ethyl adjacent to an activating group) is 1. The molecule has 1 aliphatic heterocycles. The number of fused-ring (bicyclic) bond motifs is 1. The van der Waals surface area contributed by atoms with Crippen molar-refractivity contribution in [3.8, 4) is 5.75 Å². The number of amides is 2. The first-order chi connectivity index (χ1) is 18.7. The summed E-state index contributed by atoms with van der Waals surface area (Å²) in [5.41, 5.74) is 1.78. The van der Waals surface area contributed by atoms with Gasteiger partial charge in [0.1, 0.15) is 29.4 Å². The van der Waals surface area contributed by atoms with Gasteiger partial charge in [0.15, 0.2) is 5.69 Å². The summed E-state index contributed by atoms with van der Waals surface area (Å²) in [4.78, 5) is 39.2. The number of carbonyl (C=O) groups excluding carboxylic acids is 3. The molecule has 4 rings (SSSR count). The van der Waals surface area contributed by atoms with Gasteiger partial charge in [-0.15, -0.1) is 0 Å². The van der Waals surface area contributed by atoms with E-state index in [0.717, 1.165) is 0 Å². The van der Waals surface area contributed by atoms with Crippen molar-refractivity contribution in [3.63, 3.8) is 0 Å². The number of esters is 1. The van der Waals surface area contributed by atoms with Gasteiger partial charge in [0.2, 0.25) is 5.91 Å². The van der Waals surface area contributed by atoms with E-state index in [2.05, 4.69) is 15.7 Å². The molecule has 10 nitrogen and oxygen atoms in total. The Morgan fingerprint density at radius 2 is 2.03 bits per heavy atom. The highest BCUT2D eigenvalue weighted by Crippen LogP contribution is 2.32. The molecule has 0 bridgehead atoms. The van der Waals surface area contributed by atoms with Crippen LogP contribution in [0.15, 0.2) is 42.5 Å². The molecule has 0 aliphatic carbocycles. The third-order valence-corrected chi connectivity index (χ3v) is 6.76. The zero-order chi connectivity index (χ0) is 28.1. The summed E-state index contributed by atoms with van der Waals surface area (Å²) in [5, 5.41) is 10.2. The van der Waals surface area contributed by atoms with E-state index in [1.165, 1.54) is 22.7 Å². The molecule has 0 unspecified atom stereocenters. The van der Waals surface area contributed by atoms with Crippen LogP contribution in [-0.2, 0) is 22.5 Å².